The SMILES string of the molecule is COC(=O)c1ccc(CNc2ccc(C#N)cc2Br)o1. The van der Waals surface area contributed by atoms with E-state index in [4.69, 9.17) is 9.68 Å². The second-order valence-corrected chi connectivity index (χ2v) is 4.77. The highest BCUT2D eigenvalue weighted by Gasteiger charge is 2.11. The molecule has 0 aliphatic heterocycles. The Morgan fingerprint density at radius 2 is 2.25 bits per heavy atom. The molecule has 0 spiro atoms. The summed E-state index contributed by atoms with van der Waals surface area (Å²) in [6, 6.07) is 10.6. The summed E-state index contributed by atoms with van der Waals surface area (Å²) in [4.78, 5) is 11.3. The Morgan fingerprint density at radius 3 is 2.90 bits per heavy atom. The molecule has 0 fully saturated rings. The number of methoxy groups -OCH3 is 1. The number of carbonyl (C=O) groups is 1. The summed E-state index contributed by atoms with van der Waals surface area (Å²) in [6.45, 7) is 0.418. The van der Waals surface area contributed by atoms with Gasteiger partial charge in [-0.15, -0.1) is 0 Å². The van der Waals surface area contributed by atoms with Crippen LogP contribution in [-0.2, 0) is 11.3 Å². The number of furan rings is 1. The third kappa shape index (κ3) is 3.19. The van der Waals surface area contributed by atoms with E-state index in [1.165, 1.54) is 7.11 Å². The van der Waals surface area contributed by atoms with Gasteiger partial charge in [0.25, 0.3) is 0 Å². The van der Waals surface area contributed by atoms with Crippen molar-refractivity contribution in [1.82, 2.24) is 0 Å². The second-order valence-electron chi connectivity index (χ2n) is 3.92. The standard InChI is InChI=1S/C14H11BrN2O3/c1-19-14(18)13-5-3-10(20-13)8-17-12-4-2-9(7-16)6-11(12)15/h2-6,17H,8H2,1H3. The molecular weight excluding hydrogens is 324 g/mol. The van der Waals surface area contributed by atoms with Crippen molar-refractivity contribution in [2.45, 2.75) is 6.54 Å². The van der Waals surface area contributed by atoms with E-state index in [0.29, 0.717) is 17.9 Å². The Hall–Kier alpha value is -2.26. The second kappa shape index (κ2) is 6.26. The van der Waals surface area contributed by atoms with Gasteiger partial charge in [0.2, 0.25) is 5.76 Å². The molecular formula is C14H11BrN2O3. The minimum Gasteiger partial charge on any atom is -0.463 e. The molecule has 0 bridgehead atoms. The predicted molar refractivity (Wildman–Crippen MR) is 76.2 cm³/mol. The van der Waals surface area contributed by atoms with Crippen molar-refractivity contribution in [3.8, 4) is 6.07 Å². The first-order chi connectivity index (χ1) is 9.63. The van der Waals surface area contributed by atoms with E-state index in [0.717, 1.165) is 10.2 Å². The summed E-state index contributed by atoms with van der Waals surface area (Å²) in [5.74, 6) is 0.278. The first kappa shape index (κ1) is 14.2. The number of rotatable bonds is 4. The molecule has 0 saturated carbocycles. The van der Waals surface area contributed by atoms with Crippen molar-refractivity contribution in [3.63, 3.8) is 0 Å². The van der Waals surface area contributed by atoms with E-state index in [2.05, 4.69) is 32.1 Å². The fraction of sp³-hybridized carbons (Fsp3) is 0.143. The molecule has 1 aromatic heterocycles. The average Bonchev–Trinajstić information content (AvgIpc) is 2.94. The van der Waals surface area contributed by atoms with Gasteiger partial charge in [-0.25, -0.2) is 4.79 Å². The fourth-order valence-electron chi connectivity index (χ4n) is 1.59. The number of halogens is 1. The molecule has 20 heavy (non-hydrogen) atoms. The molecule has 6 heteroatoms. The molecule has 1 aromatic carbocycles. The Bertz CT molecular complexity index is 673. The van der Waals surface area contributed by atoms with E-state index < -0.39 is 5.97 Å². The number of benzene rings is 1. The molecule has 2 aromatic rings. The summed E-state index contributed by atoms with van der Waals surface area (Å²) in [5.41, 5.74) is 1.41. The van der Waals surface area contributed by atoms with Crippen LogP contribution in [0.15, 0.2) is 39.2 Å². The summed E-state index contributed by atoms with van der Waals surface area (Å²) in [5, 5.41) is 11.9. The monoisotopic (exact) mass is 334 g/mol. The number of hydrogen-bond donors (Lipinski definition) is 1. The number of esters is 1. The van der Waals surface area contributed by atoms with Crippen LogP contribution in [0.4, 0.5) is 5.69 Å². The lowest BCUT2D eigenvalue weighted by Crippen LogP contribution is -2.00. The van der Waals surface area contributed by atoms with Gasteiger partial charge in [0.15, 0.2) is 0 Å². The Labute approximate surface area is 124 Å². The van der Waals surface area contributed by atoms with Gasteiger partial charge >= 0.3 is 5.97 Å². The molecule has 1 heterocycles. The van der Waals surface area contributed by atoms with E-state index in [1.54, 1.807) is 30.3 Å². The molecule has 102 valence electrons. The van der Waals surface area contributed by atoms with Crippen LogP contribution in [0.5, 0.6) is 0 Å². The maximum atomic E-state index is 11.3. The molecule has 2 rings (SSSR count). The number of ether oxygens (including phenoxy) is 1. The zero-order chi connectivity index (χ0) is 14.5. The molecule has 0 aliphatic carbocycles. The normalized spacial score (nSPS) is 9.85. The van der Waals surface area contributed by atoms with Gasteiger partial charge in [-0.05, 0) is 46.3 Å². The van der Waals surface area contributed by atoms with Gasteiger partial charge < -0.3 is 14.5 Å². The summed E-state index contributed by atoms with van der Waals surface area (Å²) in [6.07, 6.45) is 0. The lowest BCUT2D eigenvalue weighted by Gasteiger charge is -2.07. The van der Waals surface area contributed by atoms with Crippen molar-refractivity contribution in [1.29, 1.82) is 5.26 Å². The number of anilines is 1. The van der Waals surface area contributed by atoms with Crippen LogP contribution >= 0.6 is 15.9 Å². The van der Waals surface area contributed by atoms with Crippen molar-refractivity contribution < 1.29 is 13.9 Å². The largest absolute Gasteiger partial charge is 0.463 e. The van der Waals surface area contributed by atoms with E-state index >= 15 is 0 Å². The van der Waals surface area contributed by atoms with Crippen LogP contribution in [0.1, 0.15) is 21.9 Å². The minimum atomic E-state index is -0.504. The van der Waals surface area contributed by atoms with Gasteiger partial charge in [-0.2, -0.15) is 5.26 Å². The highest BCUT2D eigenvalue weighted by molar-refractivity contribution is 9.10. The number of nitrogens with one attached hydrogen (secondary N) is 1. The van der Waals surface area contributed by atoms with Gasteiger partial charge in [0.05, 0.1) is 25.3 Å². The van der Waals surface area contributed by atoms with E-state index in [-0.39, 0.29) is 5.76 Å². The molecule has 0 atom stereocenters. The molecule has 0 aliphatic rings. The van der Waals surface area contributed by atoms with E-state index in [9.17, 15) is 4.79 Å². The molecule has 0 saturated heterocycles. The van der Waals surface area contributed by atoms with Gasteiger partial charge in [0.1, 0.15) is 5.76 Å². The Morgan fingerprint density at radius 1 is 1.45 bits per heavy atom. The predicted octanol–water partition coefficient (Wildman–Crippen LogP) is 3.31. The fourth-order valence-corrected chi connectivity index (χ4v) is 2.11. The zero-order valence-corrected chi connectivity index (χ0v) is 12.2. The summed E-state index contributed by atoms with van der Waals surface area (Å²) < 4.78 is 10.7. The van der Waals surface area contributed by atoms with E-state index in [1.807, 2.05) is 0 Å². The molecule has 1 N–H and O–H groups in total. The van der Waals surface area contributed by atoms with Gasteiger partial charge in [-0.3, -0.25) is 0 Å². The third-order valence-corrected chi connectivity index (χ3v) is 3.26. The third-order valence-electron chi connectivity index (χ3n) is 2.60. The molecule has 0 radical (unpaired) electrons. The Kier molecular flexibility index (Phi) is 4.43. The molecule has 5 nitrogen and oxygen atoms in total. The lowest BCUT2D eigenvalue weighted by molar-refractivity contribution is 0.0563. The number of carbonyl (C=O) groups excluding carboxylic acids is 1. The topological polar surface area (TPSA) is 75.3 Å². The number of nitriles is 1. The first-order valence-electron chi connectivity index (χ1n) is 5.74. The first-order valence-corrected chi connectivity index (χ1v) is 6.54. The Balaban J connectivity index is 2.04. The zero-order valence-electron chi connectivity index (χ0n) is 10.6. The minimum absolute atomic E-state index is 0.170. The number of nitrogens with zero attached hydrogens (tertiary/aromatic N) is 1. The highest BCUT2D eigenvalue weighted by Crippen LogP contribution is 2.24. The van der Waals surface area contributed by atoms with Gasteiger partial charge in [-0.1, -0.05) is 0 Å². The van der Waals surface area contributed by atoms with Crippen molar-refractivity contribution in [3.05, 3.63) is 51.9 Å². The summed E-state index contributed by atoms with van der Waals surface area (Å²) in [7, 11) is 1.30. The maximum Gasteiger partial charge on any atom is 0.373 e. The molecule has 0 unspecified atom stereocenters. The van der Waals surface area contributed by atoms with Crippen LogP contribution in [0, 0.1) is 11.3 Å². The van der Waals surface area contributed by atoms with Crippen LogP contribution in [-0.4, -0.2) is 13.1 Å². The molecule has 0 amide bonds. The highest BCUT2D eigenvalue weighted by atomic mass is 79.9. The van der Waals surface area contributed by atoms with Crippen molar-refractivity contribution in [2.24, 2.45) is 0 Å². The quantitative estimate of drug-likeness (QED) is 0.868. The number of hydrogen-bond acceptors (Lipinski definition) is 5. The van der Waals surface area contributed by atoms with Crippen molar-refractivity contribution in [2.75, 3.05) is 12.4 Å². The van der Waals surface area contributed by atoms with Crippen molar-refractivity contribution >= 4 is 27.6 Å². The smallest absolute Gasteiger partial charge is 0.373 e. The maximum absolute atomic E-state index is 11.3. The lowest BCUT2D eigenvalue weighted by atomic mass is 10.2. The average molecular weight is 335 g/mol. The van der Waals surface area contributed by atoms with Crippen LogP contribution < -0.4 is 5.32 Å². The van der Waals surface area contributed by atoms with Crippen LogP contribution in [0.3, 0.4) is 0 Å². The van der Waals surface area contributed by atoms with Crippen LogP contribution in [0.25, 0.3) is 0 Å². The summed E-state index contributed by atoms with van der Waals surface area (Å²) >= 11 is 3.38. The van der Waals surface area contributed by atoms with Gasteiger partial charge in [0, 0.05) is 10.2 Å². The van der Waals surface area contributed by atoms with Crippen LogP contribution in [0.2, 0.25) is 0 Å².